The third-order valence-electron chi connectivity index (χ3n) is 4.91. The van der Waals surface area contributed by atoms with Crippen molar-refractivity contribution in [3.8, 4) is 28.6 Å². The van der Waals surface area contributed by atoms with Gasteiger partial charge in [0.25, 0.3) is 0 Å². The molecule has 7 heteroatoms. The van der Waals surface area contributed by atoms with Crippen molar-refractivity contribution in [2.24, 2.45) is 0 Å². The molecule has 0 saturated heterocycles. The molecule has 3 aromatic rings. The summed E-state index contributed by atoms with van der Waals surface area (Å²) >= 11 is 0. The maximum atomic E-state index is 12.0. The molecule has 0 bridgehead atoms. The van der Waals surface area contributed by atoms with Gasteiger partial charge >= 0.3 is 5.97 Å². The summed E-state index contributed by atoms with van der Waals surface area (Å²) < 4.78 is 27.0. The van der Waals surface area contributed by atoms with Gasteiger partial charge < -0.3 is 23.5 Å². The van der Waals surface area contributed by atoms with Crippen molar-refractivity contribution in [2.75, 3.05) is 6.79 Å². The largest absolute Gasteiger partial charge is 0.490 e. The molecule has 2 aliphatic heterocycles. The highest BCUT2D eigenvalue weighted by molar-refractivity contribution is 5.87. The average molecular weight is 405 g/mol. The van der Waals surface area contributed by atoms with E-state index in [2.05, 4.69) is 5.16 Å². The number of carbonyl (C=O) groups excluding carboxylic acids is 1. The number of aromatic nitrogens is 1. The second-order valence-electron chi connectivity index (χ2n) is 7.19. The molecule has 5 rings (SSSR count). The summed E-state index contributed by atoms with van der Waals surface area (Å²) in [5.41, 5.74) is 3.42. The minimum Gasteiger partial charge on any atom is -0.490 e. The zero-order chi connectivity index (χ0) is 20.5. The Balaban J connectivity index is 1.19. The van der Waals surface area contributed by atoms with Gasteiger partial charge in [-0.3, -0.25) is 0 Å². The monoisotopic (exact) mass is 405 g/mol. The number of nitrogens with zero attached hydrogens (tertiary/aromatic N) is 1. The van der Waals surface area contributed by atoms with Crippen LogP contribution in [0.2, 0.25) is 0 Å². The first kappa shape index (κ1) is 18.3. The highest BCUT2D eigenvalue weighted by atomic mass is 16.7. The van der Waals surface area contributed by atoms with Gasteiger partial charge in [-0.05, 0) is 54.5 Å². The van der Waals surface area contributed by atoms with Crippen LogP contribution in [0.4, 0.5) is 0 Å². The van der Waals surface area contributed by atoms with E-state index in [1.165, 1.54) is 6.08 Å². The second kappa shape index (κ2) is 7.59. The third kappa shape index (κ3) is 3.74. The molecule has 7 nitrogen and oxygen atoms in total. The van der Waals surface area contributed by atoms with Gasteiger partial charge in [0.2, 0.25) is 6.79 Å². The van der Waals surface area contributed by atoms with E-state index >= 15 is 0 Å². The van der Waals surface area contributed by atoms with E-state index < -0.39 is 5.97 Å². The van der Waals surface area contributed by atoms with Crippen molar-refractivity contribution >= 4 is 12.0 Å². The molecule has 2 aromatic carbocycles. The van der Waals surface area contributed by atoms with Crippen molar-refractivity contribution in [1.29, 1.82) is 0 Å². The molecule has 0 fully saturated rings. The van der Waals surface area contributed by atoms with Crippen molar-refractivity contribution in [3.63, 3.8) is 0 Å². The van der Waals surface area contributed by atoms with Gasteiger partial charge in [0, 0.05) is 24.1 Å². The number of benzene rings is 2. The number of hydrogen-bond donors (Lipinski definition) is 0. The predicted octanol–water partition coefficient (Wildman–Crippen LogP) is 4.15. The Morgan fingerprint density at radius 1 is 1.13 bits per heavy atom. The van der Waals surface area contributed by atoms with Crippen LogP contribution in [0, 0.1) is 0 Å². The summed E-state index contributed by atoms with van der Waals surface area (Å²) in [5, 5.41) is 3.99. The van der Waals surface area contributed by atoms with Crippen LogP contribution in [-0.2, 0) is 22.6 Å². The molecule has 30 heavy (non-hydrogen) atoms. The van der Waals surface area contributed by atoms with Crippen molar-refractivity contribution in [2.45, 2.75) is 26.1 Å². The van der Waals surface area contributed by atoms with E-state index in [1.807, 2.05) is 31.2 Å². The fourth-order valence-electron chi connectivity index (χ4n) is 3.47. The standard InChI is InChI=1S/C23H19NO6/c1-14-8-17-10-16(4-6-19(17)29-14)21-11-18(24-30-21)12-26-23(25)7-3-15-2-5-20-22(9-15)28-13-27-20/h2-7,9-11,14H,8,12-13H2,1H3/b7-3-. The van der Waals surface area contributed by atoms with Gasteiger partial charge in [0.1, 0.15) is 24.2 Å². The maximum absolute atomic E-state index is 12.0. The lowest BCUT2D eigenvalue weighted by Crippen LogP contribution is -2.05. The molecule has 0 saturated carbocycles. The zero-order valence-corrected chi connectivity index (χ0v) is 16.3. The third-order valence-corrected chi connectivity index (χ3v) is 4.91. The summed E-state index contributed by atoms with van der Waals surface area (Å²) in [6, 6.07) is 13.1. The van der Waals surface area contributed by atoms with Gasteiger partial charge in [-0.1, -0.05) is 11.2 Å². The van der Waals surface area contributed by atoms with Crippen molar-refractivity contribution < 1.29 is 28.3 Å². The predicted molar refractivity (Wildman–Crippen MR) is 107 cm³/mol. The first-order chi connectivity index (χ1) is 14.6. The van der Waals surface area contributed by atoms with E-state index in [-0.39, 0.29) is 19.5 Å². The number of carbonyl (C=O) groups is 1. The van der Waals surface area contributed by atoms with E-state index in [9.17, 15) is 4.79 Å². The van der Waals surface area contributed by atoms with E-state index in [4.69, 9.17) is 23.5 Å². The van der Waals surface area contributed by atoms with Crippen LogP contribution in [0.1, 0.15) is 23.7 Å². The minimum atomic E-state index is -0.471. The molecule has 3 heterocycles. The van der Waals surface area contributed by atoms with Gasteiger partial charge in [0.15, 0.2) is 17.3 Å². The normalized spacial score (nSPS) is 16.5. The van der Waals surface area contributed by atoms with Gasteiger partial charge in [-0.15, -0.1) is 0 Å². The van der Waals surface area contributed by atoms with Crippen molar-refractivity contribution in [1.82, 2.24) is 5.16 Å². The molecule has 0 N–H and O–H groups in total. The summed E-state index contributed by atoms with van der Waals surface area (Å²) in [5.74, 6) is 2.42. The van der Waals surface area contributed by atoms with Crippen LogP contribution in [0.25, 0.3) is 17.4 Å². The van der Waals surface area contributed by atoms with E-state index in [0.29, 0.717) is 23.0 Å². The molecule has 1 aromatic heterocycles. The quantitative estimate of drug-likeness (QED) is 0.466. The van der Waals surface area contributed by atoms with Gasteiger partial charge in [0.05, 0.1) is 0 Å². The molecule has 152 valence electrons. The van der Waals surface area contributed by atoms with Crippen LogP contribution < -0.4 is 14.2 Å². The first-order valence-electron chi connectivity index (χ1n) is 9.64. The number of fused-ring (bicyclic) bond motifs is 2. The molecule has 2 aliphatic rings. The molecule has 0 radical (unpaired) electrons. The molecular weight excluding hydrogens is 386 g/mol. The number of esters is 1. The van der Waals surface area contributed by atoms with Gasteiger partial charge in [-0.2, -0.15) is 0 Å². The zero-order valence-electron chi connectivity index (χ0n) is 16.3. The highest BCUT2D eigenvalue weighted by Gasteiger charge is 2.20. The maximum Gasteiger partial charge on any atom is 0.331 e. The molecular formula is C23H19NO6. The average Bonchev–Trinajstić information content (AvgIpc) is 3.48. The summed E-state index contributed by atoms with van der Waals surface area (Å²) in [6.45, 7) is 2.28. The van der Waals surface area contributed by atoms with Crippen LogP contribution in [-0.4, -0.2) is 24.0 Å². The van der Waals surface area contributed by atoms with Crippen LogP contribution >= 0.6 is 0 Å². The number of hydrogen-bond acceptors (Lipinski definition) is 7. The smallest absolute Gasteiger partial charge is 0.331 e. The summed E-state index contributed by atoms with van der Waals surface area (Å²) in [6.07, 6.45) is 4.08. The van der Waals surface area contributed by atoms with Crippen LogP contribution in [0.3, 0.4) is 0 Å². The lowest BCUT2D eigenvalue weighted by molar-refractivity contribution is -0.139. The topological polar surface area (TPSA) is 80.0 Å². The summed E-state index contributed by atoms with van der Waals surface area (Å²) in [4.78, 5) is 12.0. The Morgan fingerprint density at radius 3 is 2.93 bits per heavy atom. The van der Waals surface area contributed by atoms with Crippen LogP contribution in [0.5, 0.6) is 17.2 Å². The van der Waals surface area contributed by atoms with Crippen LogP contribution in [0.15, 0.2) is 53.1 Å². The highest BCUT2D eigenvalue weighted by Crippen LogP contribution is 2.34. The Bertz CT molecular complexity index is 1130. The fraction of sp³-hybridized carbons (Fsp3) is 0.217. The Labute approximate surface area is 172 Å². The Morgan fingerprint density at radius 2 is 2.00 bits per heavy atom. The first-order valence-corrected chi connectivity index (χ1v) is 9.64. The molecule has 0 aliphatic carbocycles. The molecule has 1 atom stereocenters. The molecule has 1 unspecified atom stereocenters. The Hall–Kier alpha value is -3.74. The van der Waals surface area contributed by atoms with E-state index in [1.54, 1.807) is 24.3 Å². The second-order valence-corrected chi connectivity index (χ2v) is 7.19. The van der Waals surface area contributed by atoms with Crippen molar-refractivity contribution in [3.05, 3.63) is 65.4 Å². The lowest BCUT2D eigenvalue weighted by atomic mass is 10.1. The SMILES string of the molecule is CC1Cc2cc(-c3cc(COC(=O)/C=C\c4ccc5c(c4)OCO5)no3)ccc2O1. The number of rotatable bonds is 5. The fourth-order valence-corrected chi connectivity index (χ4v) is 3.47. The Kier molecular flexibility index (Phi) is 4.63. The molecule has 0 amide bonds. The minimum absolute atomic E-state index is 0.0267. The lowest BCUT2D eigenvalue weighted by Gasteiger charge is -2.02. The molecule has 0 spiro atoms. The van der Waals surface area contributed by atoms with E-state index in [0.717, 1.165) is 28.9 Å². The summed E-state index contributed by atoms with van der Waals surface area (Å²) in [7, 11) is 0. The number of ether oxygens (including phenoxy) is 4. The van der Waals surface area contributed by atoms with Gasteiger partial charge in [-0.25, -0.2) is 4.79 Å².